The summed E-state index contributed by atoms with van der Waals surface area (Å²) in [6.07, 6.45) is 1.84. The Morgan fingerprint density at radius 3 is 2.40 bits per heavy atom. The first kappa shape index (κ1) is 11.7. The normalized spacial score (nSPS) is 11.2. The Morgan fingerprint density at radius 2 is 1.55 bits per heavy atom. The topological polar surface area (TPSA) is 17.8 Å². The molecule has 0 saturated carbocycles. The third kappa shape index (κ3) is 1.60. The first-order valence-electron chi connectivity index (χ1n) is 6.45. The highest BCUT2D eigenvalue weighted by molar-refractivity contribution is 9.10. The van der Waals surface area contributed by atoms with Crippen LogP contribution in [0.1, 0.15) is 0 Å². The minimum atomic E-state index is 0.870. The van der Waals surface area contributed by atoms with Crippen LogP contribution in [0.5, 0.6) is 0 Å². The first-order valence-corrected chi connectivity index (χ1v) is 7.24. The lowest BCUT2D eigenvalue weighted by molar-refractivity contribution is 1.15. The summed E-state index contributed by atoms with van der Waals surface area (Å²) >= 11 is 3.59. The molecule has 20 heavy (non-hydrogen) atoms. The molecule has 0 aliphatic heterocycles. The number of aromatic nitrogens is 2. The molecule has 96 valence electrons. The fourth-order valence-electron chi connectivity index (χ4n) is 2.72. The Bertz CT molecular complexity index is 910. The van der Waals surface area contributed by atoms with Gasteiger partial charge in [0.1, 0.15) is 4.60 Å². The lowest BCUT2D eigenvalue weighted by Crippen LogP contribution is -1.94. The summed E-state index contributed by atoms with van der Waals surface area (Å²) in [6, 6.07) is 20.9. The van der Waals surface area contributed by atoms with Gasteiger partial charge in [0.2, 0.25) is 0 Å². The fraction of sp³-hybridized carbons (Fsp3) is 0. The summed E-state index contributed by atoms with van der Waals surface area (Å²) in [5.74, 6) is 0. The molecule has 2 heterocycles. The van der Waals surface area contributed by atoms with Crippen LogP contribution in [0.2, 0.25) is 0 Å². The number of hydrogen-bond acceptors (Lipinski definition) is 1. The van der Waals surface area contributed by atoms with Crippen molar-refractivity contribution < 1.29 is 0 Å². The van der Waals surface area contributed by atoms with E-state index in [0.29, 0.717) is 0 Å². The van der Waals surface area contributed by atoms with Crippen molar-refractivity contribution in [1.29, 1.82) is 0 Å². The molecular formula is C17H11BrN2. The van der Waals surface area contributed by atoms with Gasteiger partial charge in [-0.05, 0) is 40.2 Å². The number of fused-ring (bicyclic) bond motifs is 3. The molecule has 0 N–H and O–H groups in total. The Hall–Kier alpha value is -2.13. The SMILES string of the molecule is Brc1nccc2c3ccccc3n(-c3ccccc3)c12. The molecule has 4 rings (SSSR count). The minimum absolute atomic E-state index is 0.870. The van der Waals surface area contributed by atoms with Crippen molar-refractivity contribution in [3.05, 3.63) is 71.5 Å². The molecule has 0 aliphatic carbocycles. The monoisotopic (exact) mass is 322 g/mol. The van der Waals surface area contributed by atoms with Gasteiger partial charge in [0.15, 0.2) is 0 Å². The number of hydrogen-bond donors (Lipinski definition) is 0. The summed E-state index contributed by atoms with van der Waals surface area (Å²) in [5.41, 5.74) is 3.45. The molecule has 0 unspecified atom stereocenters. The second-order valence-corrected chi connectivity index (χ2v) is 5.44. The van der Waals surface area contributed by atoms with E-state index in [0.717, 1.165) is 15.8 Å². The summed E-state index contributed by atoms with van der Waals surface area (Å²) in [6.45, 7) is 0. The maximum absolute atomic E-state index is 4.38. The number of para-hydroxylation sites is 2. The second-order valence-electron chi connectivity index (χ2n) is 4.69. The Kier molecular flexibility index (Phi) is 2.60. The lowest BCUT2D eigenvalue weighted by atomic mass is 10.2. The molecule has 4 aromatic rings. The third-order valence-corrected chi connectivity index (χ3v) is 4.13. The van der Waals surface area contributed by atoms with Gasteiger partial charge in [0, 0.05) is 22.7 Å². The van der Waals surface area contributed by atoms with Crippen molar-refractivity contribution in [3.63, 3.8) is 0 Å². The van der Waals surface area contributed by atoms with Gasteiger partial charge in [0.25, 0.3) is 0 Å². The van der Waals surface area contributed by atoms with E-state index in [1.165, 1.54) is 16.3 Å². The van der Waals surface area contributed by atoms with Gasteiger partial charge < -0.3 is 4.57 Å². The maximum atomic E-state index is 4.38. The molecule has 0 amide bonds. The van der Waals surface area contributed by atoms with E-state index in [1.807, 2.05) is 12.3 Å². The molecule has 0 radical (unpaired) electrons. The Balaban J connectivity index is 2.27. The van der Waals surface area contributed by atoms with Crippen LogP contribution in [-0.2, 0) is 0 Å². The lowest BCUT2D eigenvalue weighted by Gasteiger charge is -2.07. The van der Waals surface area contributed by atoms with E-state index in [1.54, 1.807) is 0 Å². The predicted octanol–water partition coefficient (Wildman–Crippen LogP) is 4.94. The molecule has 0 atom stereocenters. The van der Waals surface area contributed by atoms with Crippen LogP contribution >= 0.6 is 15.9 Å². The van der Waals surface area contributed by atoms with Crippen LogP contribution in [0, 0.1) is 0 Å². The predicted molar refractivity (Wildman–Crippen MR) is 86.3 cm³/mol. The third-order valence-electron chi connectivity index (χ3n) is 3.55. The maximum Gasteiger partial charge on any atom is 0.130 e. The molecule has 0 fully saturated rings. The van der Waals surface area contributed by atoms with Gasteiger partial charge in [-0.15, -0.1) is 0 Å². The van der Waals surface area contributed by atoms with Crippen LogP contribution in [0.3, 0.4) is 0 Å². The van der Waals surface area contributed by atoms with E-state index in [4.69, 9.17) is 0 Å². The van der Waals surface area contributed by atoms with Crippen molar-refractivity contribution >= 4 is 37.7 Å². The molecule has 0 aliphatic rings. The van der Waals surface area contributed by atoms with Crippen molar-refractivity contribution in [2.24, 2.45) is 0 Å². The van der Waals surface area contributed by atoms with Crippen molar-refractivity contribution in [2.75, 3.05) is 0 Å². The quantitative estimate of drug-likeness (QED) is 0.454. The Labute approximate surface area is 124 Å². The Morgan fingerprint density at radius 1 is 0.800 bits per heavy atom. The van der Waals surface area contributed by atoms with Crippen LogP contribution in [-0.4, -0.2) is 9.55 Å². The molecule has 2 aromatic heterocycles. The highest BCUT2D eigenvalue weighted by Crippen LogP contribution is 2.34. The molecule has 0 saturated heterocycles. The van der Waals surface area contributed by atoms with Gasteiger partial charge in [-0.2, -0.15) is 0 Å². The average Bonchev–Trinajstić information content (AvgIpc) is 2.84. The summed E-state index contributed by atoms with van der Waals surface area (Å²) in [5, 5.41) is 2.46. The van der Waals surface area contributed by atoms with Gasteiger partial charge in [-0.3, -0.25) is 0 Å². The zero-order chi connectivity index (χ0) is 13.5. The number of halogens is 1. The van der Waals surface area contributed by atoms with E-state index >= 15 is 0 Å². The van der Waals surface area contributed by atoms with Gasteiger partial charge >= 0.3 is 0 Å². The van der Waals surface area contributed by atoms with Gasteiger partial charge in [-0.1, -0.05) is 36.4 Å². The average molecular weight is 323 g/mol. The molecule has 2 nitrogen and oxygen atoms in total. The van der Waals surface area contributed by atoms with E-state index in [2.05, 4.69) is 80.1 Å². The largest absolute Gasteiger partial charge is 0.307 e. The van der Waals surface area contributed by atoms with Crippen molar-refractivity contribution in [1.82, 2.24) is 9.55 Å². The zero-order valence-corrected chi connectivity index (χ0v) is 12.2. The molecule has 0 bridgehead atoms. The van der Waals surface area contributed by atoms with Crippen LogP contribution in [0.15, 0.2) is 71.5 Å². The fourth-order valence-corrected chi connectivity index (χ4v) is 3.23. The van der Waals surface area contributed by atoms with Crippen molar-refractivity contribution in [2.45, 2.75) is 0 Å². The van der Waals surface area contributed by atoms with Crippen LogP contribution in [0.4, 0.5) is 0 Å². The minimum Gasteiger partial charge on any atom is -0.307 e. The number of rotatable bonds is 1. The standard InChI is InChI=1S/C17H11BrN2/c18-17-16-14(10-11-19-17)13-8-4-5-9-15(13)20(16)12-6-2-1-3-7-12/h1-11H. The molecule has 3 heteroatoms. The summed E-state index contributed by atoms with van der Waals surface area (Å²) in [7, 11) is 0. The molecule has 0 spiro atoms. The number of pyridine rings is 1. The van der Waals surface area contributed by atoms with Gasteiger partial charge in [-0.25, -0.2) is 4.98 Å². The van der Waals surface area contributed by atoms with Crippen LogP contribution < -0.4 is 0 Å². The number of nitrogens with zero attached hydrogens (tertiary/aromatic N) is 2. The second kappa shape index (κ2) is 4.46. The van der Waals surface area contributed by atoms with E-state index in [9.17, 15) is 0 Å². The number of benzene rings is 2. The smallest absolute Gasteiger partial charge is 0.130 e. The van der Waals surface area contributed by atoms with E-state index < -0.39 is 0 Å². The summed E-state index contributed by atoms with van der Waals surface area (Å²) in [4.78, 5) is 4.38. The molecule has 2 aromatic carbocycles. The van der Waals surface area contributed by atoms with Crippen LogP contribution in [0.25, 0.3) is 27.5 Å². The highest BCUT2D eigenvalue weighted by Gasteiger charge is 2.14. The van der Waals surface area contributed by atoms with E-state index in [-0.39, 0.29) is 0 Å². The highest BCUT2D eigenvalue weighted by atomic mass is 79.9. The summed E-state index contributed by atoms with van der Waals surface area (Å²) < 4.78 is 3.12. The van der Waals surface area contributed by atoms with Crippen molar-refractivity contribution in [3.8, 4) is 5.69 Å². The van der Waals surface area contributed by atoms with Gasteiger partial charge in [0.05, 0.1) is 11.0 Å². The zero-order valence-electron chi connectivity index (χ0n) is 10.6. The first-order chi connectivity index (χ1) is 9.86. The molecular weight excluding hydrogens is 312 g/mol.